The monoisotopic (exact) mass is 251 g/mol. The van der Waals surface area contributed by atoms with E-state index in [9.17, 15) is 0 Å². The van der Waals surface area contributed by atoms with Crippen molar-refractivity contribution in [3.63, 3.8) is 0 Å². The second-order valence-electron chi connectivity index (χ2n) is 3.72. The van der Waals surface area contributed by atoms with Crippen LogP contribution in [0.1, 0.15) is 19.8 Å². The number of likely N-dealkylation sites (N-methyl/N-ethyl adjacent to an activating group) is 1. The van der Waals surface area contributed by atoms with E-state index in [4.69, 9.17) is 16.3 Å². The van der Waals surface area contributed by atoms with Crippen molar-refractivity contribution < 1.29 is 4.74 Å². The molecule has 0 bridgehead atoms. The van der Waals surface area contributed by atoms with Gasteiger partial charge < -0.3 is 10.1 Å². The zero-order valence-corrected chi connectivity index (χ0v) is 11.1. The van der Waals surface area contributed by atoms with E-state index in [1.165, 1.54) is 0 Å². The van der Waals surface area contributed by atoms with Gasteiger partial charge in [-0.25, -0.2) is 0 Å². The Labute approximate surface area is 108 Å². The van der Waals surface area contributed by atoms with Gasteiger partial charge in [-0.2, -0.15) is 0 Å². The topological polar surface area (TPSA) is 21.3 Å². The van der Waals surface area contributed by atoms with Crippen molar-refractivity contribution in [2.24, 2.45) is 0 Å². The van der Waals surface area contributed by atoms with Gasteiger partial charge in [-0.05, 0) is 38.6 Å². The number of ether oxygens (including phenoxy) is 1. The minimum Gasteiger partial charge on any atom is -0.492 e. The van der Waals surface area contributed by atoms with Gasteiger partial charge in [0.25, 0.3) is 0 Å². The van der Waals surface area contributed by atoms with Crippen LogP contribution in [0.4, 0.5) is 0 Å². The molecule has 1 N–H and O–H groups in total. The third-order valence-corrected chi connectivity index (χ3v) is 2.69. The van der Waals surface area contributed by atoms with Crippen LogP contribution in [0.2, 0.25) is 5.02 Å². The van der Waals surface area contributed by atoms with E-state index < -0.39 is 0 Å². The largest absolute Gasteiger partial charge is 0.492 e. The lowest BCUT2D eigenvalue weighted by atomic mass is 10.2. The molecule has 2 nitrogen and oxygen atoms in total. The molecule has 0 aliphatic carbocycles. The van der Waals surface area contributed by atoms with E-state index in [-0.39, 0.29) is 0 Å². The molecular weight excluding hydrogens is 234 g/mol. The summed E-state index contributed by atoms with van der Waals surface area (Å²) in [4.78, 5) is 0. The van der Waals surface area contributed by atoms with Crippen molar-refractivity contribution in [3.05, 3.63) is 29.3 Å². The number of benzene rings is 1. The third kappa shape index (κ3) is 5.63. The van der Waals surface area contributed by atoms with Crippen molar-refractivity contribution in [2.75, 3.05) is 13.7 Å². The molecule has 0 saturated carbocycles. The summed E-state index contributed by atoms with van der Waals surface area (Å²) in [5.41, 5.74) is 0. The number of halogens is 1. The molecule has 1 aromatic rings. The SMILES string of the molecule is CC#CCCC(COc1cccc(Cl)c1)NC. The fourth-order valence-corrected chi connectivity index (χ4v) is 1.62. The van der Waals surface area contributed by atoms with Crippen molar-refractivity contribution in [1.29, 1.82) is 0 Å². The third-order valence-electron chi connectivity index (χ3n) is 2.45. The second-order valence-corrected chi connectivity index (χ2v) is 4.16. The summed E-state index contributed by atoms with van der Waals surface area (Å²) in [5.74, 6) is 6.75. The number of rotatable bonds is 6. The van der Waals surface area contributed by atoms with Gasteiger partial charge in [0.15, 0.2) is 0 Å². The molecule has 17 heavy (non-hydrogen) atoms. The number of hydrogen-bond donors (Lipinski definition) is 1. The Kier molecular flexibility index (Phi) is 6.54. The van der Waals surface area contributed by atoms with Gasteiger partial charge >= 0.3 is 0 Å². The highest BCUT2D eigenvalue weighted by Crippen LogP contribution is 2.17. The normalized spacial score (nSPS) is 11.5. The molecule has 0 fully saturated rings. The molecule has 1 atom stereocenters. The number of nitrogens with one attached hydrogen (secondary N) is 1. The first-order chi connectivity index (χ1) is 8.26. The maximum atomic E-state index is 5.88. The summed E-state index contributed by atoms with van der Waals surface area (Å²) in [6, 6.07) is 7.76. The van der Waals surface area contributed by atoms with E-state index in [0.29, 0.717) is 17.7 Å². The molecule has 92 valence electrons. The standard InChI is InChI=1S/C14H18ClNO/c1-3-4-5-8-13(16-2)11-17-14-9-6-7-12(15)10-14/h6-7,9-10,13,16H,5,8,11H2,1-2H3. The number of hydrogen-bond acceptors (Lipinski definition) is 2. The molecule has 1 aromatic carbocycles. The first-order valence-corrected chi connectivity index (χ1v) is 6.09. The summed E-state index contributed by atoms with van der Waals surface area (Å²) in [5, 5.41) is 3.91. The highest BCUT2D eigenvalue weighted by atomic mass is 35.5. The molecule has 0 amide bonds. The van der Waals surface area contributed by atoms with Gasteiger partial charge in [0.1, 0.15) is 12.4 Å². The molecular formula is C14H18ClNO. The summed E-state index contributed by atoms with van der Waals surface area (Å²) >= 11 is 5.88. The Morgan fingerprint density at radius 3 is 2.94 bits per heavy atom. The smallest absolute Gasteiger partial charge is 0.120 e. The highest BCUT2D eigenvalue weighted by molar-refractivity contribution is 6.30. The second kappa shape index (κ2) is 8.00. The Morgan fingerprint density at radius 1 is 1.47 bits per heavy atom. The lowest BCUT2D eigenvalue weighted by Crippen LogP contribution is -2.31. The Morgan fingerprint density at radius 2 is 2.29 bits per heavy atom. The van der Waals surface area contributed by atoms with Crippen LogP contribution in [0.5, 0.6) is 5.75 Å². The van der Waals surface area contributed by atoms with Gasteiger partial charge in [0, 0.05) is 17.5 Å². The van der Waals surface area contributed by atoms with Crippen molar-refractivity contribution in [1.82, 2.24) is 5.32 Å². The summed E-state index contributed by atoms with van der Waals surface area (Å²) in [6.07, 6.45) is 1.87. The maximum Gasteiger partial charge on any atom is 0.120 e. The van der Waals surface area contributed by atoms with Gasteiger partial charge in [-0.1, -0.05) is 17.7 Å². The first kappa shape index (κ1) is 13.9. The van der Waals surface area contributed by atoms with Crippen LogP contribution in [0.3, 0.4) is 0 Å². The van der Waals surface area contributed by atoms with Crippen LogP contribution < -0.4 is 10.1 Å². The van der Waals surface area contributed by atoms with E-state index in [0.717, 1.165) is 18.6 Å². The average molecular weight is 252 g/mol. The zero-order chi connectivity index (χ0) is 12.5. The predicted molar refractivity (Wildman–Crippen MR) is 72.5 cm³/mol. The predicted octanol–water partition coefficient (Wildman–Crippen LogP) is 3.11. The molecule has 0 aliphatic rings. The fraction of sp³-hybridized carbons (Fsp3) is 0.429. The zero-order valence-electron chi connectivity index (χ0n) is 10.3. The lowest BCUT2D eigenvalue weighted by Gasteiger charge is -2.15. The van der Waals surface area contributed by atoms with Crippen LogP contribution in [0.25, 0.3) is 0 Å². The van der Waals surface area contributed by atoms with Crippen molar-refractivity contribution >= 4 is 11.6 Å². The van der Waals surface area contributed by atoms with E-state index >= 15 is 0 Å². The van der Waals surface area contributed by atoms with Crippen LogP contribution in [0, 0.1) is 11.8 Å². The van der Waals surface area contributed by atoms with Crippen LogP contribution in [-0.4, -0.2) is 19.7 Å². The average Bonchev–Trinajstić information content (AvgIpc) is 2.34. The Bertz CT molecular complexity index is 395. The van der Waals surface area contributed by atoms with E-state index in [1.54, 1.807) is 0 Å². The van der Waals surface area contributed by atoms with Crippen LogP contribution in [0.15, 0.2) is 24.3 Å². The maximum absolute atomic E-state index is 5.88. The van der Waals surface area contributed by atoms with Gasteiger partial charge in [-0.3, -0.25) is 0 Å². The summed E-state index contributed by atoms with van der Waals surface area (Å²) in [6.45, 7) is 2.49. The van der Waals surface area contributed by atoms with Crippen LogP contribution in [-0.2, 0) is 0 Å². The van der Waals surface area contributed by atoms with Crippen molar-refractivity contribution in [3.8, 4) is 17.6 Å². The minimum absolute atomic E-state index is 0.315. The molecule has 0 saturated heterocycles. The van der Waals surface area contributed by atoms with E-state index in [1.807, 2.05) is 38.2 Å². The molecule has 0 aliphatic heterocycles. The quantitative estimate of drug-likeness (QED) is 0.785. The van der Waals surface area contributed by atoms with E-state index in [2.05, 4.69) is 17.2 Å². The van der Waals surface area contributed by atoms with Crippen molar-refractivity contribution in [2.45, 2.75) is 25.8 Å². The molecule has 0 spiro atoms. The molecule has 3 heteroatoms. The minimum atomic E-state index is 0.315. The first-order valence-electron chi connectivity index (χ1n) is 5.71. The summed E-state index contributed by atoms with van der Waals surface area (Å²) < 4.78 is 5.68. The fourth-order valence-electron chi connectivity index (χ4n) is 1.44. The highest BCUT2D eigenvalue weighted by Gasteiger charge is 2.06. The molecule has 0 radical (unpaired) electrons. The van der Waals surface area contributed by atoms with Gasteiger partial charge in [0.2, 0.25) is 0 Å². The van der Waals surface area contributed by atoms with Gasteiger partial charge in [-0.15, -0.1) is 11.8 Å². The van der Waals surface area contributed by atoms with Crippen LogP contribution >= 0.6 is 11.6 Å². The summed E-state index contributed by atoms with van der Waals surface area (Å²) in [7, 11) is 1.94. The Balaban J connectivity index is 2.38. The molecule has 1 unspecified atom stereocenters. The lowest BCUT2D eigenvalue weighted by molar-refractivity contribution is 0.264. The molecule has 1 rings (SSSR count). The Hall–Kier alpha value is -1.17. The van der Waals surface area contributed by atoms with Gasteiger partial charge in [0.05, 0.1) is 0 Å². The molecule has 0 heterocycles. The molecule has 0 aromatic heterocycles.